The van der Waals surface area contributed by atoms with E-state index in [0.29, 0.717) is 23.0 Å². The molecule has 5 heterocycles. The summed E-state index contributed by atoms with van der Waals surface area (Å²) in [5, 5.41) is 20.8. The largest absolute Gasteiger partial charge is 0.477 e. The Hall–Kier alpha value is -4.29. The molecule has 0 radical (unpaired) electrons. The number of nitrogens with one attached hydrogen (secondary N) is 2. The first-order chi connectivity index (χ1) is 18.8. The fraction of sp³-hybridized carbons (Fsp3) is 0.238. The van der Waals surface area contributed by atoms with Crippen LogP contribution in [0.3, 0.4) is 0 Å². The number of anilines is 1. The van der Waals surface area contributed by atoms with Crippen molar-refractivity contribution in [2.75, 3.05) is 18.3 Å². The number of fused-ring (bicyclic) bond motifs is 2. The van der Waals surface area contributed by atoms with E-state index in [4.69, 9.17) is 11.5 Å². The molecule has 18 heteroatoms. The normalized spacial score (nSPS) is 21.3. The number of nitrogens with two attached hydrogens (primary N) is 2. The molecule has 2 aromatic heterocycles. The standard InChI is InChI=1S/C21H21FN10O5S2/c22-10-37-27-17(30-8-13(24)39-28-30)18(33)26-15-19(34)31-16(21(35)36)11(9-38-20(15)31)2-1-6-29-7-4-12(23)32-14(29)3-5-25-32/h1-5,7-8,15,20,23,28H,6,9-10,24H2,(H2,26,33,35,36)/p+1/b2-1+,27-17?/t15-,20+/m1/s1. The van der Waals surface area contributed by atoms with Crippen molar-refractivity contribution < 1.29 is 33.3 Å². The molecule has 2 aromatic rings. The molecule has 3 aliphatic rings. The molecule has 0 bridgehead atoms. The van der Waals surface area contributed by atoms with Gasteiger partial charge in [0.1, 0.15) is 28.7 Å². The Kier molecular flexibility index (Phi) is 7.31. The summed E-state index contributed by atoms with van der Waals surface area (Å²) >= 11 is 2.28. The topological polar surface area (TPSA) is 197 Å². The van der Waals surface area contributed by atoms with Crippen LogP contribution in [-0.4, -0.2) is 72.3 Å². The summed E-state index contributed by atoms with van der Waals surface area (Å²) in [6.45, 7) is -0.879. The van der Waals surface area contributed by atoms with Crippen LogP contribution in [0, 0.1) is 0 Å². The second kappa shape index (κ2) is 10.8. The number of aliphatic carboxylic acids is 1. The second-order valence-electron chi connectivity index (χ2n) is 8.18. The molecule has 39 heavy (non-hydrogen) atoms. The number of hydrogen-bond donors (Lipinski definition) is 5. The highest BCUT2D eigenvalue weighted by Crippen LogP contribution is 2.40. The van der Waals surface area contributed by atoms with Gasteiger partial charge in [-0.3, -0.25) is 14.5 Å². The summed E-state index contributed by atoms with van der Waals surface area (Å²) in [6.07, 6.45) is 8.18. The third-order valence-corrected chi connectivity index (χ3v) is 7.78. The number of carbonyl (C=O) groups excluding carboxylic acids is 2. The maximum absolute atomic E-state index is 13.0. The Morgan fingerprint density at radius 3 is 2.95 bits per heavy atom. The number of carboxylic acids is 1. The number of halogens is 1. The van der Waals surface area contributed by atoms with E-state index in [1.165, 1.54) is 18.0 Å². The van der Waals surface area contributed by atoms with E-state index in [0.717, 1.165) is 27.5 Å². The summed E-state index contributed by atoms with van der Waals surface area (Å²) < 4.78 is 16.0. The smallest absolute Gasteiger partial charge is 0.352 e. The zero-order chi connectivity index (χ0) is 27.7. The molecule has 5 rings (SSSR count). The molecule has 204 valence electrons. The first-order valence-electron chi connectivity index (χ1n) is 11.2. The molecule has 0 spiro atoms. The fourth-order valence-corrected chi connectivity index (χ4v) is 5.95. The lowest BCUT2D eigenvalue weighted by atomic mass is 10.0. The van der Waals surface area contributed by atoms with Crippen molar-refractivity contribution in [1.82, 2.24) is 29.7 Å². The number of aromatic nitrogens is 3. The fourth-order valence-electron chi connectivity index (χ4n) is 4.13. The van der Waals surface area contributed by atoms with Crippen molar-refractivity contribution in [3.63, 3.8) is 0 Å². The Balaban J connectivity index is 1.31. The van der Waals surface area contributed by atoms with Crippen LogP contribution in [0.1, 0.15) is 0 Å². The highest BCUT2D eigenvalue weighted by atomic mass is 32.2. The highest BCUT2D eigenvalue weighted by molar-refractivity contribution is 8.01. The summed E-state index contributed by atoms with van der Waals surface area (Å²) in [6, 6.07) is 2.47. The molecule has 15 nitrogen and oxygen atoms in total. The highest BCUT2D eigenvalue weighted by Gasteiger charge is 2.54. The van der Waals surface area contributed by atoms with Gasteiger partial charge < -0.3 is 26.7 Å². The van der Waals surface area contributed by atoms with E-state index in [-0.39, 0.29) is 11.4 Å². The van der Waals surface area contributed by atoms with Crippen molar-refractivity contribution in [3.05, 3.63) is 59.2 Å². The van der Waals surface area contributed by atoms with Crippen molar-refractivity contribution in [3.8, 4) is 0 Å². The van der Waals surface area contributed by atoms with Crippen LogP contribution < -0.4 is 26.2 Å². The number of carbonyl (C=O) groups is 3. The van der Waals surface area contributed by atoms with Crippen LogP contribution in [0.4, 0.5) is 10.2 Å². The lowest BCUT2D eigenvalue weighted by molar-refractivity contribution is -0.664. The van der Waals surface area contributed by atoms with Gasteiger partial charge in [-0.25, -0.2) is 18.8 Å². The average molecular weight is 578 g/mol. The van der Waals surface area contributed by atoms with Crippen molar-refractivity contribution >= 4 is 58.8 Å². The second-order valence-corrected chi connectivity index (χ2v) is 10.1. The van der Waals surface area contributed by atoms with Crippen molar-refractivity contribution in [1.29, 1.82) is 0 Å². The third kappa shape index (κ3) is 4.95. The van der Waals surface area contributed by atoms with E-state index in [1.54, 1.807) is 41.2 Å². The summed E-state index contributed by atoms with van der Waals surface area (Å²) in [5.74, 6) is -2.36. The van der Waals surface area contributed by atoms with Crippen LogP contribution in [-0.2, 0) is 25.8 Å². The number of rotatable bonds is 7. The summed E-state index contributed by atoms with van der Waals surface area (Å²) in [5.41, 5.74) is 12.6. The van der Waals surface area contributed by atoms with Crippen LogP contribution in [0.25, 0.3) is 5.65 Å². The zero-order valence-electron chi connectivity index (χ0n) is 19.9. The van der Waals surface area contributed by atoms with E-state index in [2.05, 4.69) is 25.2 Å². The van der Waals surface area contributed by atoms with Crippen LogP contribution in [0.15, 0.2) is 64.3 Å². The first-order valence-corrected chi connectivity index (χ1v) is 13.1. The SMILES string of the molecule is NC1=CN(C(=NOCF)C(=O)N[C@@H]2C(=O)N3C(C(=O)O)=C(/C=C/C[n+]4ccc(N)n5nccc54)CS[C@@H]23)NS1. The number of nitrogens with zero attached hydrogens (tertiary/aromatic N) is 6. The molecule has 7 N–H and O–H groups in total. The predicted molar refractivity (Wildman–Crippen MR) is 138 cm³/mol. The Labute approximate surface area is 228 Å². The number of nitrogen functional groups attached to an aromatic ring is 1. The molecule has 0 aliphatic carbocycles. The Morgan fingerprint density at radius 1 is 1.41 bits per heavy atom. The number of amidine groups is 1. The molecular weight excluding hydrogens is 555 g/mol. The number of allylic oxidation sites excluding steroid dienone is 2. The predicted octanol–water partition coefficient (Wildman–Crippen LogP) is -1.02. The van der Waals surface area contributed by atoms with Crippen LogP contribution in [0.5, 0.6) is 0 Å². The number of amides is 2. The maximum atomic E-state index is 13.0. The molecule has 0 aromatic carbocycles. The quantitative estimate of drug-likeness (QED) is 0.0672. The van der Waals surface area contributed by atoms with E-state index in [9.17, 15) is 23.9 Å². The van der Waals surface area contributed by atoms with E-state index >= 15 is 0 Å². The minimum absolute atomic E-state index is 0.162. The molecule has 0 unspecified atom stereocenters. The monoisotopic (exact) mass is 577 g/mol. The van der Waals surface area contributed by atoms with Gasteiger partial charge in [0.05, 0.1) is 24.7 Å². The van der Waals surface area contributed by atoms with Gasteiger partial charge in [0.15, 0.2) is 0 Å². The molecule has 3 aliphatic heterocycles. The molecule has 2 amide bonds. The summed E-state index contributed by atoms with van der Waals surface area (Å²) in [7, 11) is 0. The van der Waals surface area contributed by atoms with Gasteiger partial charge in [0.25, 0.3) is 24.5 Å². The molecule has 1 saturated heterocycles. The molecule has 0 saturated carbocycles. The van der Waals surface area contributed by atoms with Gasteiger partial charge in [-0.2, -0.15) is 4.83 Å². The Bertz CT molecular complexity index is 1470. The molecule has 1 fully saturated rings. The number of oxime groups is 1. The van der Waals surface area contributed by atoms with Gasteiger partial charge >= 0.3 is 11.6 Å². The maximum Gasteiger partial charge on any atom is 0.352 e. The number of alkyl halides is 1. The number of β-lactam (4-membered cyclic amide) rings is 1. The minimum Gasteiger partial charge on any atom is -0.477 e. The first kappa shape index (κ1) is 26.3. The number of thioether (sulfide) groups is 1. The van der Waals surface area contributed by atoms with Gasteiger partial charge in [-0.1, -0.05) is 20.8 Å². The van der Waals surface area contributed by atoms with Crippen LogP contribution >= 0.6 is 23.7 Å². The van der Waals surface area contributed by atoms with Gasteiger partial charge in [-0.05, 0) is 23.6 Å². The van der Waals surface area contributed by atoms with Gasteiger partial charge in [-0.15, -0.1) is 11.8 Å². The zero-order valence-corrected chi connectivity index (χ0v) is 21.6. The van der Waals surface area contributed by atoms with Crippen LogP contribution in [0.2, 0.25) is 0 Å². The summed E-state index contributed by atoms with van der Waals surface area (Å²) in [4.78, 5) is 46.2. The van der Waals surface area contributed by atoms with Crippen molar-refractivity contribution in [2.45, 2.75) is 18.0 Å². The minimum atomic E-state index is -1.28. The van der Waals surface area contributed by atoms with Gasteiger partial charge in [0.2, 0.25) is 5.82 Å². The lowest BCUT2D eigenvalue weighted by Gasteiger charge is -2.49. The van der Waals surface area contributed by atoms with Gasteiger partial charge in [0, 0.05) is 11.8 Å². The molecule has 2 atom stereocenters. The average Bonchev–Trinajstić information content (AvgIpc) is 3.58. The molecular formula is C21H22FN10O5S2+. The van der Waals surface area contributed by atoms with Crippen molar-refractivity contribution in [2.24, 2.45) is 10.9 Å². The number of hydrazine groups is 1. The van der Waals surface area contributed by atoms with E-state index < -0.39 is 41.9 Å². The Morgan fingerprint density at radius 2 is 2.23 bits per heavy atom. The lowest BCUT2D eigenvalue weighted by Crippen LogP contribution is -2.71. The number of carboxylic acid groups (broad SMARTS) is 1. The number of hydrogen-bond acceptors (Lipinski definition) is 11. The van der Waals surface area contributed by atoms with E-state index in [1.807, 2.05) is 4.57 Å². The third-order valence-electron chi connectivity index (χ3n) is 5.84.